The molecule has 2 N–H and O–H groups in total. The summed E-state index contributed by atoms with van der Waals surface area (Å²) >= 11 is 0. The Bertz CT molecular complexity index is 471. The number of carbonyl (C=O) groups is 1. The molecule has 0 unspecified atom stereocenters. The summed E-state index contributed by atoms with van der Waals surface area (Å²) in [5, 5.41) is 14.2. The summed E-state index contributed by atoms with van der Waals surface area (Å²) in [5.41, 5.74) is 0.891. The van der Waals surface area contributed by atoms with E-state index in [0.717, 1.165) is 0 Å². The number of nitrogens with one attached hydrogen (secondary N) is 2. The van der Waals surface area contributed by atoms with Gasteiger partial charge in [-0.25, -0.2) is 4.39 Å². The summed E-state index contributed by atoms with van der Waals surface area (Å²) < 4.78 is 17.9. The SMILES string of the molecule is COCCNC(=O)CNCc1cc(F)cc(C#N)c1. The van der Waals surface area contributed by atoms with Crippen LogP contribution < -0.4 is 10.6 Å². The second-order valence-corrected chi connectivity index (χ2v) is 3.91. The molecular formula is C13H16FN3O2. The van der Waals surface area contributed by atoms with Gasteiger partial charge in [0.05, 0.1) is 24.8 Å². The molecule has 19 heavy (non-hydrogen) atoms. The first-order valence-corrected chi connectivity index (χ1v) is 5.81. The van der Waals surface area contributed by atoms with Gasteiger partial charge in [-0.2, -0.15) is 5.26 Å². The second-order valence-electron chi connectivity index (χ2n) is 3.91. The molecule has 0 spiro atoms. The Labute approximate surface area is 111 Å². The zero-order valence-electron chi connectivity index (χ0n) is 10.7. The van der Waals surface area contributed by atoms with Crippen LogP contribution in [0.3, 0.4) is 0 Å². The lowest BCUT2D eigenvalue weighted by atomic mass is 10.1. The molecular weight excluding hydrogens is 249 g/mol. The number of hydrogen-bond acceptors (Lipinski definition) is 4. The predicted octanol–water partition coefficient (Wildman–Crippen LogP) is 0.550. The number of carbonyl (C=O) groups excluding carboxylic acids is 1. The molecule has 0 aliphatic carbocycles. The van der Waals surface area contributed by atoms with Crippen LogP contribution in [0, 0.1) is 17.1 Å². The normalized spacial score (nSPS) is 9.95. The van der Waals surface area contributed by atoms with Crippen LogP contribution in [0.25, 0.3) is 0 Å². The van der Waals surface area contributed by atoms with E-state index in [-0.39, 0.29) is 18.0 Å². The molecule has 1 aromatic carbocycles. The first-order chi connectivity index (χ1) is 9.15. The smallest absolute Gasteiger partial charge is 0.234 e. The first kappa shape index (κ1) is 15.1. The van der Waals surface area contributed by atoms with Gasteiger partial charge in [0.2, 0.25) is 5.91 Å². The van der Waals surface area contributed by atoms with Crippen LogP contribution in [0.1, 0.15) is 11.1 Å². The third-order valence-electron chi connectivity index (χ3n) is 2.33. The minimum absolute atomic E-state index is 0.127. The molecule has 0 radical (unpaired) electrons. The van der Waals surface area contributed by atoms with E-state index >= 15 is 0 Å². The maximum atomic E-state index is 13.1. The van der Waals surface area contributed by atoms with Gasteiger partial charge < -0.3 is 15.4 Å². The third-order valence-corrected chi connectivity index (χ3v) is 2.33. The van der Waals surface area contributed by atoms with Crippen molar-refractivity contribution in [2.75, 3.05) is 26.8 Å². The van der Waals surface area contributed by atoms with Gasteiger partial charge in [-0.15, -0.1) is 0 Å². The molecule has 1 rings (SSSR count). The molecule has 5 nitrogen and oxygen atoms in total. The van der Waals surface area contributed by atoms with Crippen LogP contribution in [0.15, 0.2) is 18.2 Å². The molecule has 0 bridgehead atoms. The summed E-state index contributed by atoms with van der Waals surface area (Å²) in [6.45, 7) is 1.36. The lowest BCUT2D eigenvalue weighted by Crippen LogP contribution is -2.35. The van der Waals surface area contributed by atoms with Crippen molar-refractivity contribution < 1.29 is 13.9 Å². The molecule has 0 saturated carbocycles. The van der Waals surface area contributed by atoms with Crippen LogP contribution in [0.5, 0.6) is 0 Å². The van der Waals surface area contributed by atoms with Crippen molar-refractivity contribution in [3.05, 3.63) is 35.1 Å². The monoisotopic (exact) mass is 265 g/mol. The average molecular weight is 265 g/mol. The predicted molar refractivity (Wildman–Crippen MR) is 67.7 cm³/mol. The second kappa shape index (κ2) is 8.19. The first-order valence-electron chi connectivity index (χ1n) is 5.81. The summed E-state index contributed by atoms with van der Waals surface area (Å²) in [7, 11) is 1.56. The van der Waals surface area contributed by atoms with Gasteiger partial charge in [0.1, 0.15) is 5.82 Å². The Hall–Kier alpha value is -1.97. The number of amides is 1. The highest BCUT2D eigenvalue weighted by atomic mass is 19.1. The molecule has 1 amide bonds. The van der Waals surface area contributed by atoms with Crippen LogP contribution in [-0.2, 0) is 16.1 Å². The van der Waals surface area contributed by atoms with Gasteiger partial charge in [0.15, 0.2) is 0 Å². The molecule has 0 fully saturated rings. The Balaban J connectivity index is 2.35. The number of nitriles is 1. The van der Waals surface area contributed by atoms with E-state index in [2.05, 4.69) is 10.6 Å². The number of hydrogen-bond donors (Lipinski definition) is 2. The van der Waals surface area contributed by atoms with Crippen molar-refractivity contribution >= 4 is 5.91 Å². The lowest BCUT2D eigenvalue weighted by molar-refractivity contribution is -0.120. The van der Waals surface area contributed by atoms with Crippen LogP contribution in [0.4, 0.5) is 4.39 Å². The number of methoxy groups -OCH3 is 1. The maximum absolute atomic E-state index is 13.1. The number of rotatable bonds is 7. The molecule has 0 saturated heterocycles. The summed E-state index contributed by atoms with van der Waals surface area (Å²) in [6, 6.07) is 5.96. The van der Waals surface area contributed by atoms with Crippen molar-refractivity contribution in [1.29, 1.82) is 5.26 Å². The van der Waals surface area contributed by atoms with E-state index in [4.69, 9.17) is 10.00 Å². The van der Waals surface area contributed by atoms with E-state index in [0.29, 0.717) is 25.3 Å². The molecule has 102 valence electrons. The van der Waals surface area contributed by atoms with Gasteiger partial charge >= 0.3 is 0 Å². The number of benzene rings is 1. The fourth-order valence-electron chi connectivity index (χ4n) is 1.49. The largest absolute Gasteiger partial charge is 0.383 e. The zero-order valence-corrected chi connectivity index (χ0v) is 10.7. The van der Waals surface area contributed by atoms with E-state index in [1.54, 1.807) is 13.2 Å². The quantitative estimate of drug-likeness (QED) is 0.706. The van der Waals surface area contributed by atoms with Crippen molar-refractivity contribution in [3.8, 4) is 6.07 Å². The highest BCUT2D eigenvalue weighted by Gasteiger charge is 2.02. The van der Waals surface area contributed by atoms with Gasteiger partial charge in [-0.05, 0) is 23.8 Å². The van der Waals surface area contributed by atoms with Crippen molar-refractivity contribution in [2.45, 2.75) is 6.54 Å². The molecule has 0 aromatic heterocycles. The van der Waals surface area contributed by atoms with Gasteiger partial charge in [-0.3, -0.25) is 4.79 Å². The van der Waals surface area contributed by atoms with Gasteiger partial charge in [-0.1, -0.05) is 0 Å². The number of halogens is 1. The highest BCUT2D eigenvalue weighted by Crippen LogP contribution is 2.08. The van der Waals surface area contributed by atoms with E-state index in [1.807, 2.05) is 6.07 Å². The minimum Gasteiger partial charge on any atom is -0.383 e. The summed E-state index contributed by atoms with van der Waals surface area (Å²) in [4.78, 5) is 11.3. The molecule has 0 aliphatic rings. The Morgan fingerprint density at radius 2 is 2.26 bits per heavy atom. The maximum Gasteiger partial charge on any atom is 0.234 e. The van der Waals surface area contributed by atoms with Crippen molar-refractivity contribution in [2.24, 2.45) is 0 Å². The molecule has 0 atom stereocenters. The number of ether oxygens (including phenoxy) is 1. The fourth-order valence-corrected chi connectivity index (χ4v) is 1.49. The van der Waals surface area contributed by atoms with E-state index in [9.17, 15) is 9.18 Å². The van der Waals surface area contributed by atoms with Crippen LogP contribution >= 0.6 is 0 Å². The van der Waals surface area contributed by atoms with E-state index < -0.39 is 5.82 Å². The fraction of sp³-hybridized carbons (Fsp3) is 0.385. The van der Waals surface area contributed by atoms with Gasteiger partial charge in [0.25, 0.3) is 0 Å². The lowest BCUT2D eigenvalue weighted by Gasteiger charge is -2.07. The van der Waals surface area contributed by atoms with Crippen molar-refractivity contribution in [3.63, 3.8) is 0 Å². The van der Waals surface area contributed by atoms with Gasteiger partial charge in [0, 0.05) is 20.2 Å². The van der Waals surface area contributed by atoms with E-state index in [1.165, 1.54) is 12.1 Å². The van der Waals surface area contributed by atoms with Crippen LogP contribution in [0.2, 0.25) is 0 Å². The average Bonchev–Trinajstić information content (AvgIpc) is 2.38. The molecule has 0 aliphatic heterocycles. The van der Waals surface area contributed by atoms with Crippen molar-refractivity contribution in [1.82, 2.24) is 10.6 Å². The molecule has 0 heterocycles. The van der Waals surface area contributed by atoms with Crippen LogP contribution in [-0.4, -0.2) is 32.7 Å². The Kier molecular flexibility index (Phi) is 6.50. The standard InChI is InChI=1S/C13H16FN3O2/c1-19-3-2-17-13(18)9-16-8-11-4-10(7-15)5-12(14)6-11/h4-6,16H,2-3,8-9H2,1H3,(H,17,18). The summed E-state index contributed by atoms with van der Waals surface area (Å²) in [6.07, 6.45) is 0. The number of nitrogens with zero attached hydrogens (tertiary/aromatic N) is 1. The highest BCUT2D eigenvalue weighted by molar-refractivity contribution is 5.77. The zero-order chi connectivity index (χ0) is 14.1. The Morgan fingerprint density at radius 1 is 1.47 bits per heavy atom. The topological polar surface area (TPSA) is 74.2 Å². The molecule has 6 heteroatoms. The third kappa shape index (κ3) is 5.95. The summed E-state index contributed by atoms with van der Waals surface area (Å²) in [5.74, 6) is -0.616. The molecule has 1 aromatic rings. The Morgan fingerprint density at radius 3 is 2.95 bits per heavy atom. The minimum atomic E-state index is -0.458.